The van der Waals surface area contributed by atoms with E-state index in [9.17, 15) is 0 Å². The highest BCUT2D eigenvalue weighted by atomic mass is 14.1. The van der Waals surface area contributed by atoms with Crippen molar-refractivity contribution in [2.45, 2.75) is 147 Å². The predicted molar refractivity (Wildman–Crippen MR) is 122 cm³/mol. The molecule has 0 heterocycles. The minimum Gasteiger partial charge on any atom is -0.0654 e. The third-order valence-corrected chi connectivity index (χ3v) is 4.06. The summed E-state index contributed by atoms with van der Waals surface area (Å²) in [6.07, 6.45) is 13.7. The molecule has 0 rings (SSSR count). The van der Waals surface area contributed by atoms with Crippen LogP contribution in [0.5, 0.6) is 0 Å². The summed E-state index contributed by atoms with van der Waals surface area (Å²) in [6.45, 7) is 27.4. The second-order valence-electron chi connectivity index (χ2n) is 11.3. The first kappa shape index (κ1) is 29.8. The summed E-state index contributed by atoms with van der Waals surface area (Å²) in [5.41, 5.74) is 1.65. The van der Waals surface area contributed by atoms with Gasteiger partial charge in [-0.25, -0.2) is 0 Å². The summed E-state index contributed by atoms with van der Waals surface area (Å²) in [6, 6.07) is 0. The van der Waals surface area contributed by atoms with Crippen molar-refractivity contribution in [1.29, 1.82) is 0 Å². The first-order valence-corrected chi connectivity index (χ1v) is 11.2. The van der Waals surface area contributed by atoms with Gasteiger partial charge in [0.25, 0.3) is 0 Å². The Balaban J connectivity index is -0.000000296. The largest absolute Gasteiger partial charge is 0.0654 e. The van der Waals surface area contributed by atoms with Gasteiger partial charge in [-0.3, -0.25) is 0 Å². The normalized spacial score (nSPS) is 12.0. The first-order chi connectivity index (χ1) is 11.2. The Labute approximate surface area is 164 Å². The van der Waals surface area contributed by atoms with E-state index in [-0.39, 0.29) is 0 Å². The molecule has 0 N–H and O–H groups in total. The van der Waals surface area contributed by atoms with Crippen LogP contribution in [-0.2, 0) is 0 Å². The Kier molecular flexibility index (Phi) is 19.3. The lowest BCUT2D eigenvalue weighted by molar-refractivity contribution is 0.358. The maximum Gasteiger partial charge on any atom is -0.0383 e. The molecule has 0 saturated carbocycles. The molecule has 0 radical (unpaired) electrons. The van der Waals surface area contributed by atoms with Crippen molar-refractivity contribution < 1.29 is 0 Å². The molecule has 0 amide bonds. The van der Waals surface area contributed by atoms with Gasteiger partial charge in [0.05, 0.1) is 0 Å². The van der Waals surface area contributed by atoms with Crippen LogP contribution in [0, 0.1) is 16.2 Å². The van der Waals surface area contributed by atoms with Crippen molar-refractivity contribution in [2.24, 2.45) is 16.2 Å². The quantitative estimate of drug-likeness (QED) is 0.398. The lowest BCUT2D eigenvalue weighted by Gasteiger charge is -2.17. The average Bonchev–Trinajstić information content (AvgIpc) is 2.40. The molecule has 0 spiro atoms. The Hall–Kier alpha value is 0. The summed E-state index contributed by atoms with van der Waals surface area (Å²) in [4.78, 5) is 0. The van der Waals surface area contributed by atoms with E-state index in [0.717, 1.165) is 0 Å². The van der Waals surface area contributed by atoms with Gasteiger partial charge in [-0.1, -0.05) is 128 Å². The topological polar surface area (TPSA) is 0 Å². The van der Waals surface area contributed by atoms with Crippen LogP contribution in [0.3, 0.4) is 0 Å². The van der Waals surface area contributed by atoms with Crippen molar-refractivity contribution in [2.75, 3.05) is 0 Å². The second kappa shape index (κ2) is 16.2. The fourth-order valence-electron chi connectivity index (χ4n) is 2.54. The van der Waals surface area contributed by atoms with E-state index in [2.05, 4.69) is 83.1 Å². The van der Waals surface area contributed by atoms with Gasteiger partial charge in [-0.2, -0.15) is 0 Å². The van der Waals surface area contributed by atoms with Crippen molar-refractivity contribution in [3.63, 3.8) is 0 Å². The molecular formula is C25H56. The van der Waals surface area contributed by atoms with Gasteiger partial charge in [-0.15, -0.1) is 0 Å². The van der Waals surface area contributed by atoms with Gasteiger partial charge in [0.1, 0.15) is 0 Å². The number of hydrogen-bond donors (Lipinski definition) is 0. The van der Waals surface area contributed by atoms with Gasteiger partial charge in [0.2, 0.25) is 0 Å². The Bertz CT molecular complexity index is 241. The molecule has 0 bridgehead atoms. The van der Waals surface area contributed by atoms with Crippen LogP contribution in [0.4, 0.5) is 0 Å². The average molecular weight is 357 g/mol. The highest BCUT2D eigenvalue weighted by Gasteiger charge is 2.08. The van der Waals surface area contributed by atoms with E-state index < -0.39 is 0 Å². The van der Waals surface area contributed by atoms with Gasteiger partial charge >= 0.3 is 0 Å². The van der Waals surface area contributed by atoms with Crippen molar-refractivity contribution >= 4 is 0 Å². The summed E-state index contributed by atoms with van der Waals surface area (Å²) in [5.74, 6) is 0. The zero-order valence-electron chi connectivity index (χ0n) is 20.6. The van der Waals surface area contributed by atoms with Crippen LogP contribution < -0.4 is 0 Å². The Morgan fingerprint density at radius 3 is 0.920 bits per heavy atom. The fraction of sp³-hybridized carbons (Fsp3) is 1.00. The molecular weight excluding hydrogens is 300 g/mol. The van der Waals surface area contributed by atoms with Gasteiger partial charge < -0.3 is 0 Å². The zero-order valence-corrected chi connectivity index (χ0v) is 20.6. The predicted octanol–water partition coefficient (Wildman–Crippen LogP) is 10.1. The van der Waals surface area contributed by atoms with E-state index in [1.165, 1.54) is 64.2 Å². The van der Waals surface area contributed by atoms with E-state index >= 15 is 0 Å². The fourth-order valence-corrected chi connectivity index (χ4v) is 2.54. The van der Waals surface area contributed by atoms with Crippen LogP contribution in [0.25, 0.3) is 0 Å². The summed E-state index contributed by atoms with van der Waals surface area (Å²) in [7, 11) is 0. The van der Waals surface area contributed by atoms with E-state index in [1.54, 1.807) is 0 Å². The van der Waals surface area contributed by atoms with E-state index in [1.807, 2.05) is 0 Å². The highest BCUT2D eigenvalue weighted by molar-refractivity contribution is 4.61. The van der Waals surface area contributed by atoms with Gasteiger partial charge in [-0.05, 0) is 35.5 Å². The van der Waals surface area contributed by atoms with Crippen LogP contribution in [0.2, 0.25) is 0 Å². The molecule has 0 heteroatoms. The van der Waals surface area contributed by atoms with Gasteiger partial charge in [0, 0.05) is 0 Å². The molecule has 0 aliphatic heterocycles. The molecule has 0 saturated heterocycles. The molecule has 0 nitrogen and oxygen atoms in total. The lowest BCUT2D eigenvalue weighted by Crippen LogP contribution is -2.03. The minimum atomic E-state index is 0.549. The highest BCUT2D eigenvalue weighted by Crippen LogP contribution is 2.22. The second-order valence-corrected chi connectivity index (χ2v) is 11.3. The molecule has 0 aromatic heterocycles. The summed E-state index contributed by atoms with van der Waals surface area (Å²) >= 11 is 0. The SMILES string of the molecule is CCCC(C)(C)C.CCCCC(C)(C)C.CCCCCCC(C)(C)C. The first-order valence-electron chi connectivity index (χ1n) is 11.2. The number of rotatable bonds is 7. The smallest absolute Gasteiger partial charge is 0.0383 e. The lowest BCUT2D eigenvalue weighted by atomic mass is 9.89. The Morgan fingerprint density at radius 2 is 0.720 bits per heavy atom. The molecule has 0 aliphatic rings. The van der Waals surface area contributed by atoms with E-state index in [0.29, 0.717) is 16.2 Å². The minimum absolute atomic E-state index is 0.549. The molecule has 0 fully saturated rings. The maximum atomic E-state index is 2.32. The molecule has 0 unspecified atom stereocenters. The van der Waals surface area contributed by atoms with Crippen molar-refractivity contribution in [1.82, 2.24) is 0 Å². The van der Waals surface area contributed by atoms with Gasteiger partial charge in [0.15, 0.2) is 0 Å². The number of hydrogen-bond acceptors (Lipinski definition) is 0. The Morgan fingerprint density at radius 1 is 0.360 bits per heavy atom. The molecule has 0 aliphatic carbocycles. The molecule has 25 heavy (non-hydrogen) atoms. The van der Waals surface area contributed by atoms with E-state index in [4.69, 9.17) is 0 Å². The van der Waals surface area contributed by atoms with Crippen molar-refractivity contribution in [3.8, 4) is 0 Å². The number of unbranched alkanes of at least 4 members (excludes halogenated alkanes) is 4. The molecule has 156 valence electrons. The van der Waals surface area contributed by atoms with Crippen LogP contribution in [0.1, 0.15) is 147 Å². The van der Waals surface area contributed by atoms with Crippen LogP contribution in [-0.4, -0.2) is 0 Å². The summed E-state index contributed by atoms with van der Waals surface area (Å²) < 4.78 is 0. The zero-order chi connectivity index (χ0) is 20.6. The summed E-state index contributed by atoms with van der Waals surface area (Å²) in [5, 5.41) is 0. The van der Waals surface area contributed by atoms with Crippen LogP contribution >= 0.6 is 0 Å². The molecule has 0 aromatic rings. The third kappa shape index (κ3) is 45.4. The molecule has 0 atom stereocenters. The monoisotopic (exact) mass is 356 g/mol. The maximum absolute atomic E-state index is 2.32. The standard InChI is InChI=1S/C10H22.C8H18.C7H16/c1-5-6-7-8-9-10(2,3)4;1-5-6-7-8(2,3)4;1-5-6-7(2,3)4/h5-9H2,1-4H3;5-7H2,1-4H3;5-6H2,1-4H3. The molecule has 0 aromatic carbocycles. The van der Waals surface area contributed by atoms with Crippen LogP contribution in [0.15, 0.2) is 0 Å². The third-order valence-electron chi connectivity index (χ3n) is 4.06. The van der Waals surface area contributed by atoms with Crippen molar-refractivity contribution in [3.05, 3.63) is 0 Å².